The summed E-state index contributed by atoms with van der Waals surface area (Å²) in [6.07, 6.45) is 0. The van der Waals surface area contributed by atoms with Crippen LogP contribution in [0, 0.1) is 5.82 Å². The number of ether oxygens (including phenoxy) is 1. The minimum Gasteiger partial charge on any atom is -0.489 e. The summed E-state index contributed by atoms with van der Waals surface area (Å²) in [6, 6.07) is 14.5. The highest BCUT2D eigenvalue weighted by atomic mass is 19.1. The second-order valence-corrected chi connectivity index (χ2v) is 5.15. The molecule has 110 valence electrons. The summed E-state index contributed by atoms with van der Waals surface area (Å²) < 4.78 is 18.5. The molecule has 0 amide bonds. The van der Waals surface area contributed by atoms with Gasteiger partial charge in [0.15, 0.2) is 0 Å². The van der Waals surface area contributed by atoms with Gasteiger partial charge in [0.25, 0.3) is 0 Å². The summed E-state index contributed by atoms with van der Waals surface area (Å²) in [6.45, 7) is 4.59. The average molecular weight is 286 g/mol. The third-order valence-electron chi connectivity index (χ3n) is 3.64. The van der Waals surface area contributed by atoms with Gasteiger partial charge in [0, 0.05) is 31.9 Å². The van der Waals surface area contributed by atoms with Crippen LogP contribution in [0.1, 0.15) is 5.56 Å². The van der Waals surface area contributed by atoms with E-state index in [-0.39, 0.29) is 5.82 Å². The largest absolute Gasteiger partial charge is 0.489 e. The van der Waals surface area contributed by atoms with Gasteiger partial charge in [0.05, 0.1) is 0 Å². The van der Waals surface area contributed by atoms with Crippen LogP contribution in [0.25, 0.3) is 0 Å². The summed E-state index contributed by atoms with van der Waals surface area (Å²) in [5.74, 6) is 0.609. The van der Waals surface area contributed by atoms with Crippen molar-refractivity contribution in [1.29, 1.82) is 0 Å². The number of rotatable bonds is 4. The quantitative estimate of drug-likeness (QED) is 0.935. The van der Waals surface area contributed by atoms with Crippen molar-refractivity contribution < 1.29 is 9.13 Å². The van der Waals surface area contributed by atoms with Gasteiger partial charge in [-0.2, -0.15) is 0 Å². The van der Waals surface area contributed by atoms with Crippen molar-refractivity contribution in [3.05, 3.63) is 59.9 Å². The lowest BCUT2D eigenvalue weighted by atomic mass is 10.2. The number of piperazine rings is 1. The van der Waals surface area contributed by atoms with Crippen LogP contribution in [0.4, 0.5) is 10.1 Å². The number of hydrogen-bond acceptors (Lipinski definition) is 3. The summed E-state index contributed by atoms with van der Waals surface area (Å²) in [5, 5.41) is 3.35. The first-order valence-corrected chi connectivity index (χ1v) is 7.24. The van der Waals surface area contributed by atoms with E-state index in [1.807, 2.05) is 12.1 Å². The van der Waals surface area contributed by atoms with E-state index in [0.717, 1.165) is 37.5 Å². The normalized spacial score (nSPS) is 15.0. The molecule has 1 aliphatic heterocycles. The fourth-order valence-corrected chi connectivity index (χ4v) is 2.42. The first-order chi connectivity index (χ1) is 10.3. The van der Waals surface area contributed by atoms with Gasteiger partial charge >= 0.3 is 0 Å². The SMILES string of the molecule is Fc1ccc(COc2ccc(N3CCNCC3)cc2)cc1. The van der Waals surface area contributed by atoms with E-state index >= 15 is 0 Å². The zero-order valence-electron chi connectivity index (χ0n) is 11.9. The van der Waals surface area contributed by atoms with Crippen LogP contribution in [0.2, 0.25) is 0 Å². The Labute approximate surface area is 124 Å². The average Bonchev–Trinajstić information content (AvgIpc) is 2.56. The third-order valence-corrected chi connectivity index (χ3v) is 3.64. The molecular weight excluding hydrogens is 267 g/mol. The van der Waals surface area contributed by atoms with E-state index in [9.17, 15) is 4.39 Å². The standard InChI is InChI=1S/C17H19FN2O/c18-15-3-1-14(2-4-15)13-21-17-7-5-16(6-8-17)20-11-9-19-10-12-20/h1-8,19H,9-13H2. The van der Waals surface area contributed by atoms with E-state index in [2.05, 4.69) is 22.3 Å². The number of benzene rings is 2. The van der Waals surface area contributed by atoms with Crippen molar-refractivity contribution in [3.8, 4) is 5.75 Å². The lowest BCUT2D eigenvalue weighted by Gasteiger charge is -2.29. The Morgan fingerprint density at radius 3 is 2.29 bits per heavy atom. The summed E-state index contributed by atoms with van der Waals surface area (Å²) in [4.78, 5) is 2.36. The zero-order chi connectivity index (χ0) is 14.5. The highest BCUT2D eigenvalue weighted by Crippen LogP contribution is 2.20. The molecule has 1 aliphatic rings. The molecular formula is C17H19FN2O. The molecule has 3 rings (SSSR count). The summed E-state index contributed by atoms with van der Waals surface area (Å²) in [5.41, 5.74) is 2.19. The second-order valence-electron chi connectivity index (χ2n) is 5.15. The molecule has 1 N–H and O–H groups in total. The Morgan fingerprint density at radius 2 is 1.62 bits per heavy atom. The maximum atomic E-state index is 12.8. The predicted octanol–water partition coefficient (Wildman–Crippen LogP) is 2.81. The molecule has 1 fully saturated rings. The van der Waals surface area contributed by atoms with Crippen molar-refractivity contribution in [2.75, 3.05) is 31.1 Å². The van der Waals surface area contributed by atoms with E-state index in [1.54, 1.807) is 12.1 Å². The van der Waals surface area contributed by atoms with Crippen LogP contribution in [-0.4, -0.2) is 26.2 Å². The number of halogens is 1. The van der Waals surface area contributed by atoms with Gasteiger partial charge in [-0.3, -0.25) is 0 Å². The van der Waals surface area contributed by atoms with Crippen molar-refractivity contribution in [2.45, 2.75) is 6.61 Å². The zero-order valence-corrected chi connectivity index (χ0v) is 11.9. The highest BCUT2D eigenvalue weighted by molar-refractivity contribution is 5.49. The Balaban J connectivity index is 1.57. The molecule has 0 aromatic heterocycles. The Bertz CT molecular complexity index is 562. The second kappa shape index (κ2) is 6.59. The van der Waals surface area contributed by atoms with Crippen LogP contribution >= 0.6 is 0 Å². The van der Waals surface area contributed by atoms with Gasteiger partial charge in [-0.1, -0.05) is 12.1 Å². The molecule has 0 bridgehead atoms. The Kier molecular flexibility index (Phi) is 4.36. The molecule has 1 heterocycles. The molecule has 2 aromatic rings. The van der Waals surface area contributed by atoms with Crippen molar-refractivity contribution >= 4 is 5.69 Å². The van der Waals surface area contributed by atoms with Gasteiger partial charge in [-0.05, 0) is 42.0 Å². The van der Waals surface area contributed by atoms with Crippen LogP contribution in [0.3, 0.4) is 0 Å². The van der Waals surface area contributed by atoms with Crippen LogP contribution in [-0.2, 0) is 6.61 Å². The van der Waals surface area contributed by atoms with Gasteiger partial charge in [0.2, 0.25) is 0 Å². The maximum absolute atomic E-state index is 12.8. The van der Waals surface area contributed by atoms with Gasteiger partial charge in [-0.25, -0.2) is 4.39 Å². The molecule has 0 radical (unpaired) electrons. The molecule has 0 spiro atoms. The van der Waals surface area contributed by atoms with E-state index < -0.39 is 0 Å². The van der Waals surface area contributed by atoms with Gasteiger partial charge in [-0.15, -0.1) is 0 Å². The lowest BCUT2D eigenvalue weighted by Crippen LogP contribution is -2.43. The Morgan fingerprint density at radius 1 is 0.952 bits per heavy atom. The van der Waals surface area contributed by atoms with Crippen molar-refractivity contribution in [2.24, 2.45) is 0 Å². The lowest BCUT2D eigenvalue weighted by molar-refractivity contribution is 0.306. The molecule has 21 heavy (non-hydrogen) atoms. The molecule has 1 saturated heterocycles. The smallest absolute Gasteiger partial charge is 0.123 e. The number of nitrogens with one attached hydrogen (secondary N) is 1. The maximum Gasteiger partial charge on any atom is 0.123 e. The van der Waals surface area contributed by atoms with E-state index in [0.29, 0.717) is 6.61 Å². The minimum absolute atomic E-state index is 0.223. The molecule has 4 heteroatoms. The van der Waals surface area contributed by atoms with Crippen molar-refractivity contribution in [3.63, 3.8) is 0 Å². The molecule has 0 atom stereocenters. The molecule has 3 nitrogen and oxygen atoms in total. The molecule has 0 saturated carbocycles. The number of nitrogens with zero attached hydrogens (tertiary/aromatic N) is 1. The topological polar surface area (TPSA) is 24.5 Å². The Hall–Kier alpha value is -2.07. The highest BCUT2D eigenvalue weighted by Gasteiger charge is 2.09. The van der Waals surface area contributed by atoms with Crippen molar-refractivity contribution in [1.82, 2.24) is 5.32 Å². The van der Waals surface area contributed by atoms with Gasteiger partial charge in [0.1, 0.15) is 18.2 Å². The van der Waals surface area contributed by atoms with Crippen LogP contribution < -0.4 is 15.0 Å². The van der Waals surface area contributed by atoms with Gasteiger partial charge < -0.3 is 15.0 Å². The first kappa shape index (κ1) is 13.9. The number of anilines is 1. The summed E-state index contributed by atoms with van der Waals surface area (Å²) in [7, 11) is 0. The molecule has 0 unspecified atom stereocenters. The third kappa shape index (κ3) is 3.73. The van der Waals surface area contributed by atoms with E-state index in [4.69, 9.17) is 4.74 Å². The summed E-state index contributed by atoms with van der Waals surface area (Å²) >= 11 is 0. The minimum atomic E-state index is -0.223. The molecule has 2 aromatic carbocycles. The first-order valence-electron chi connectivity index (χ1n) is 7.24. The monoisotopic (exact) mass is 286 g/mol. The predicted molar refractivity (Wildman–Crippen MR) is 82.3 cm³/mol. The fraction of sp³-hybridized carbons (Fsp3) is 0.294. The van der Waals surface area contributed by atoms with E-state index in [1.165, 1.54) is 17.8 Å². The van der Waals surface area contributed by atoms with Crippen LogP contribution in [0.5, 0.6) is 5.75 Å². The van der Waals surface area contributed by atoms with Crippen LogP contribution in [0.15, 0.2) is 48.5 Å². The molecule has 0 aliphatic carbocycles. The number of hydrogen-bond donors (Lipinski definition) is 1. The fourth-order valence-electron chi connectivity index (χ4n) is 2.42.